The Morgan fingerprint density at radius 2 is 2.20 bits per heavy atom. The van der Waals surface area contributed by atoms with Gasteiger partial charge >= 0.3 is 0 Å². The molecule has 0 radical (unpaired) electrons. The molecule has 0 aromatic heterocycles. The molecular weight excluding hydrogens is 190 g/mol. The lowest BCUT2D eigenvalue weighted by molar-refractivity contribution is 0.318. The van der Waals surface area contributed by atoms with E-state index in [9.17, 15) is 0 Å². The summed E-state index contributed by atoms with van der Waals surface area (Å²) in [5.41, 5.74) is 8.52. The number of benzene rings is 1. The molecule has 4 nitrogen and oxygen atoms in total. The Balaban J connectivity index is 3.32. The third-order valence-corrected chi connectivity index (χ3v) is 2.48. The Morgan fingerprint density at radius 3 is 2.73 bits per heavy atom. The molecular formula is C11H17N3O. The molecule has 0 aliphatic heterocycles. The van der Waals surface area contributed by atoms with Crippen LogP contribution in [-0.4, -0.2) is 24.6 Å². The van der Waals surface area contributed by atoms with Crippen molar-refractivity contribution in [2.45, 2.75) is 13.8 Å². The first kappa shape index (κ1) is 11.4. The predicted octanol–water partition coefficient (Wildman–Crippen LogP) is 1.55. The molecule has 3 N–H and O–H groups in total. The summed E-state index contributed by atoms with van der Waals surface area (Å²) < 4.78 is 0. The van der Waals surface area contributed by atoms with Gasteiger partial charge in [0.05, 0.1) is 5.69 Å². The number of nitrogens with two attached hydrogens (primary N) is 1. The third-order valence-electron chi connectivity index (χ3n) is 2.48. The van der Waals surface area contributed by atoms with Crippen molar-refractivity contribution in [3.05, 3.63) is 29.3 Å². The summed E-state index contributed by atoms with van der Waals surface area (Å²) in [5.74, 6) is 0.147. The molecule has 0 spiro atoms. The summed E-state index contributed by atoms with van der Waals surface area (Å²) in [5, 5.41) is 11.7. The smallest absolute Gasteiger partial charge is 0.172 e. The molecule has 0 saturated heterocycles. The number of nitrogens with zero attached hydrogens (tertiary/aromatic N) is 2. The van der Waals surface area contributed by atoms with Crippen molar-refractivity contribution in [2.24, 2.45) is 10.9 Å². The summed E-state index contributed by atoms with van der Waals surface area (Å²) in [6.07, 6.45) is 0. The van der Waals surface area contributed by atoms with Crippen LogP contribution >= 0.6 is 0 Å². The van der Waals surface area contributed by atoms with Gasteiger partial charge in [-0.15, -0.1) is 0 Å². The fourth-order valence-electron chi connectivity index (χ4n) is 1.58. The number of oxime groups is 1. The fourth-order valence-corrected chi connectivity index (χ4v) is 1.58. The SMILES string of the molecule is CCN(C)c1c(C)cccc1/C(N)=N/O. The van der Waals surface area contributed by atoms with Crippen molar-refractivity contribution >= 4 is 11.5 Å². The maximum Gasteiger partial charge on any atom is 0.172 e. The Hall–Kier alpha value is -1.71. The molecule has 0 aliphatic carbocycles. The lowest BCUT2D eigenvalue weighted by atomic mass is 10.1. The van der Waals surface area contributed by atoms with Crippen molar-refractivity contribution in [1.29, 1.82) is 0 Å². The molecule has 1 aromatic rings. The first-order valence-electron chi connectivity index (χ1n) is 4.90. The third kappa shape index (κ3) is 2.21. The predicted molar refractivity (Wildman–Crippen MR) is 62.6 cm³/mol. The monoisotopic (exact) mass is 207 g/mol. The molecule has 1 rings (SSSR count). The summed E-state index contributed by atoms with van der Waals surface area (Å²) in [6.45, 7) is 4.94. The molecule has 0 atom stereocenters. The fraction of sp³-hybridized carbons (Fsp3) is 0.364. The number of anilines is 1. The van der Waals surface area contributed by atoms with E-state index in [1.807, 2.05) is 32.2 Å². The van der Waals surface area contributed by atoms with E-state index in [1.165, 1.54) is 0 Å². The van der Waals surface area contributed by atoms with Crippen molar-refractivity contribution < 1.29 is 5.21 Å². The normalized spacial score (nSPS) is 11.5. The van der Waals surface area contributed by atoms with Crippen LogP contribution in [0.25, 0.3) is 0 Å². The van der Waals surface area contributed by atoms with Crippen LogP contribution < -0.4 is 10.6 Å². The highest BCUT2D eigenvalue weighted by Gasteiger charge is 2.11. The number of para-hydroxylation sites is 1. The Bertz CT molecular complexity index is 374. The summed E-state index contributed by atoms with van der Waals surface area (Å²) >= 11 is 0. The molecule has 0 bridgehead atoms. The van der Waals surface area contributed by atoms with Gasteiger partial charge in [-0.05, 0) is 25.5 Å². The van der Waals surface area contributed by atoms with E-state index in [0.29, 0.717) is 0 Å². The van der Waals surface area contributed by atoms with E-state index in [0.717, 1.165) is 23.4 Å². The van der Waals surface area contributed by atoms with E-state index < -0.39 is 0 Å². The first-order valence-corrected chi connectivity index (χ1v) is 4.90. The minimum Gasteiger partial charge on any atom is -0.409 e. The van der Waals surface area contributed by atoms with Crippen molar-refractivity contribution in [1.82, 2.24) is 0 Å². The second-order valence-electron chi connectivity index (χ2n) is 3.47. The van der Waals surface area contributed by atoms with Crippen molar-refractivity contribution in [3.63, 3.8) is 0 Å². The molecule has 4 heteroatoms. The van der Waals surface area contributed by atoms with E-state index in [2.05, 4.69) is 17.0 Å². The molecule has 0 unspecified atom stereocenters. The van der Waals surface area contributed by atoms with Gasteiger partial charge < -0.3 is 15.8 Å². The Morgan fingerprint density at radius 1 is 1.53 bits per heavy atom. The van der Waals surface area contributed by atoms with E-state index in [-0.39, 0.29) is 5.84 Å². The molecule has 0 aliphatic rings. The van der Waals surface area contributed by atoms with Crippen LogP contribution in [0.5, 0.6) is 0 Å². The molecule has 82 valence electrons. The summed E-state index contributed by atoms with van der Waals surface area (Å²) in [7, 11) is 1.98. The van der Waals surface area contributed by atoms with Crippen LogP contribution in [0.2, 0.25) is 0 Å². The lowest BCUT2D eigenvalue weighted by Gasteiger charge is -2.22. The van der Waals surface area contributed by atoms with Gasteiger partial charge in [-0.3, -0.25) is 0 Å². The average Bonchev–Trinajstić information content (AvgIpc) is 2.26. The van der Waals surface area contributed by atoms with Gasteiger partial charge in [0.1, 0.15) is 0 Å². The van der Waals surface area contributed by atoms with Gasteiger partial charge in [0.15, 0.2) is 5.84 Å². The van der Waals surface area contributed by atoms with E-state index in [4.69, 9.17) is 10.9 Å². The average molecular weight is 207 g/mol. The standard InChI is InChI=1S/C11H17N3O/c1-4-14(3)10-8(2)6-5-7-9(10)11(12)13-15/h5-7,15H,4H2,1-3H3,(H2,12,13). The Labute approximate surface area is 90.0 Å². The van der Waals surface area contributed by atoms with Crippen LogP contribution in [0.1, 0.15) is 18.1 Å². The molecule has 1 aromatic carbocycles. The van der Waals surface area contributed by atoms with Crippen molar-refractivity contribution in [2.75, 3.05) is 18.5 Å². The van der Waals surface area contributed by atoms with E-state index in [1.54, 1.807) is 0 Å². The lowest BCUT2D eigenvalue weighted by Crippen LogP contribution is -2.23. The quantitative estimate of drug-likeness (QED) is 0.342. The van der Waals surface area contributed by atoms with Crippen LogP contribution in [0, 0.1) is 6.92 Å². The second kappa shape index (κ2) is 4.68. The van der Waals surface area contributed by atoms with Gasteiger partial charge in [-0.25, -0.2) is 0 Å². The van der Waals surface area contributed by atoms with Gasteiger partial charge in [-0.2, -0.15) is 0 Å². The minimum absolute atomic E-state index is 0.147. The molecule has 0 amide bonds. The topological polar surface area (TPSA) is 61.8 Å². The molecule has 0 saturated carbocycles. The highest BCUT2D eigenvalue weighted by Crippen LogP contribution is 2.23. The summed E-state index contributed by atoms with van der Waals surface area (Å²) in [6, 6.07) is 5.76. The van der Waals surface area contributed by atoms with Gasteiger partial charge in [0.25, 0.3) is 0 Å². The van der Waals surface area contributed by atoms with Crippen LogP contribution in [-0.2, 0) is 0 Å². The number of rotatable bonds is 3. The van der Waals surface area contributed by atoms with Crippen LogP contribution in [0.15, 0.2) is 23.4 Å². The van der Waals surface area contributed by atoms with Gasteiger partial charge in [0, 0.05) is 19.2 Å². The van der Waals surface area contributed by atoms with Crippen molar-refractivity contribution in [3.8, 4) is 0 Å². The van der Waals surface area contributed by atoms with Gasteiger partial charge in [-0.1, -0.05) is 17.3 Å². The maximum atomic E-state index is 8.70. The Kier molecular flexibility index (Phi) is 3.55. The highest BCUT2D eigenvalue weighted by atomic mass is 16.4. The number of hydrogen-bond acceptors (Lipinski definition) is 3. The number of aryl methyl sites for hydroxylation is 1. The van der Waals surface area contributed by atoms with Crippen LogP contribution in [0.3, 0.4) is 0 Å². The second-order valence-corrected chi connectivity index (χ2v) is 3.47. The molecule has 0 fully saturated rings. The van der Waals surface area contributed by atoms with Crippen LogP contribution in [0.4, 0.5) is 5.69 Å². The molecule has 15 heavy (non-hydrogen) atoms. The zero-order valence-electron chi connectivity index (χ0n) is 9.36. The number of hydrogen-bond donors (Lipinski definition) is 2. The highest BCUT2D eigenvalue weighted by molar-refractivity contribution is 6.02. The summed E-state index contributed by atoms with van der Waals surface area (Å²) in [4.78, 5) is 2.07. The largest absolute Gasteiger partial charge is 0.409 e. The zero-order valence-corrected chi connectivity index (χ0v) is 9.36. The zero-order chi connectivity index (χ0) is 11.4. The van der Waals surface area contributed by atoms with Gasteiger partial charge in [0.2, 0.25) is 0 Å². The number of amidine groups is 1. The maximum absolute atomic E-state index is 8.70. The first-order chi connectivity index (χ1) is 7.11. The molecule has 0 heterocycles. The van der Waals surface area contributed by atoms with E-state index >= 15 is 0 Å². The minimum atomic E-state index is 0.147.